The van der Waals surface area contributed by atoms with Gasteiger partial charge in [0.15, 0.2) is 6.29 Å². The van der Waals surface area contributed by atoms with Crippen LogP contribution in [0.5, 0.6) is 5.75 Å². The molecule has 4 rings (SSSR count). The number of nitrogens with zero attached hydrogens (tertiary/aromatic N) is 1. The van der Waals surface area contributed by atoms with Gasteiger partial charge in [-0.3, -0.25) is 9.59 Å². The number of aldehydes is 1. The molecule has 0 radical (unpaired) electrons. The number of hydrogen-bond acceptors (Lipinski definition) is 3. The van der Waals surface area contributed by atoms with Gasteiger partial charge in [0.25, 0.3) is 5.91 Å². The quantitative estimate of drug-likeness (QED) is 0.277. The molecule has 0 spiro atoms. The number of aromatic nitrogens is 1. The van der Waals surface area contributed by atoms with Crippen LogP contribution >= 0.6 is 0 Å². The first-order valence-electron chi connectivity index (χ1n) is 12.4. The SMILES string of the molecule is Cc1c(C)n(Cc2cccc(OCC=O)c2)c2ccc(C(=O)N[C@@H](C)c3cccc(C(C)C)c3)cc12. The van der Waals surface area contributed by atoms with Gasteiger partial charge in [-0.2, -0.15) is 0 Å². The number of hydrogen-bond donors (Lipinski definition) is 1. The lowest BCUT2D eigenvalue weighted by Crippen LogP contribution is -2.26. The van der Waals surface area contributed by atoms with Crippen LogP contribution in [0.3, 0.4) is 0 Å². The van der Waals surface area contributed by atoms with Crippen LogP contribution in [0.25, 0.3) is 10.9 Å². The maximum absolute atomic E-state index is 13.2. The molecule has 186 valence electrons. The second kappa shape index (κ2) is 10.8. The number of aryl methyl sites for hydroxylation is 1. The summed E-state index contributed by atoms with van der Waals surface area (Å²) in [7, 11) is 0. The van der Waals surface area contributed by atoms with E-state index in [9.17, 15) is 9.59 Å². The first-order chi connectivity index (χ1) is 17.3. The molecule has 0 aliphatic heterocycles. The minimum absolute atomic E-state index is 0.0423. The Kier molecular flexibility index (Phi) is 7.58. The molecule has 0 saturated heterocycles. The first kappa shape index (κ1) is 25.2. The maximum atomic E-state index is 13.2. The molecule has 1 amide bonds. The van der Waals surface area contributed by atoms with Crippen molar-refractivity contribution in [2.75, 3.05) is 6.61 Å². The van der Waals surface area contributed by atoms with Crippen molar-refractivity contribution in [3.8, 4) is 5.75 Å². The van der Waals surface area contributed by atoms with Crippen molar-refractivity contribution in [3.05, 3.63) is 100 Å². The standard InChI is InChI=1S/C31H34N2O3/c1-20(2)25-9-7-10-26(17-25)22(4)32-31(35)27-12-13-30-29(18-27)21(3)23(5)33(30)19-24-8-6-11-28(16-24)36-15-14-34/h6-14,16-18,20,22H,15,19H2,1-5H3,(H,32,35)/t22-/m0/s1. The van der Waals surface area contributed by atoms with E-state index >= 15 is 0 Å². The highest BCUT2D eigenvalue weighted by Gasteiger charge is 2.17. The number of carbonyl (C=O) groups is 2. The fourth-order valence-corrected chi connectivity index (χ4v) is 4.59. The van der Waals surface area contributed by atoms with Crippen molar-refractivity contribution in [1.29, 1.82) is 0 Å². The zero-order valence-corrected chi connectivity index (χ0v) is 21.7. The Morgan fingerprint density at radius 1 is 0.972 bits per heavy atom. The predicted octanol–water partition coefficient (Wildman–Crippen LogP) is 6.50. The number of nitrogens with one attached hydrogen (secondary N) is 1. The molecule has 1 N–H and O–H groups in total. The van der Waals surface area contributed by atoms with Crippen molar-refractivity contribution in [1.82, 2.24) is 9.88 Å². The Labute approximate surface area is 213 Å². The van der Waals surface area contributed by atoms with Gasteiger partial charge in [0.05, 0.1) is 6.04 Å². The molecule has 1 heterocycles. The van der Waals surface area contributed by atoms with Crippen molar-refractivity contribution in [2.45, 2.75) is 53.1 Å². The topological polar surface area (TPSA) is 60.3 Å². The summed E-state index contributed by atoms with van der Waals surface area (Å²) in [5, 5.41) is 4.23. The first-order valence-corrected chi connectivity index (χ1v) is 12.4. The van der Waals surface area contributed by atoms with E-state index in [1.807, 2.05) is 49.4 Å². The summed E-state index contributed by atoms with van der Waals surface area (Å²) in [5.74, 6) is 1.04. The highest BCUT2D eigenvalue weighted by molar-refractivity contribution is 5.99. The van der Waals surface area contributed by atoms with Crippen LogP contribution in [-0.2, 0) is 11.3 Å². The van der Waals surface area contributed by atoms with Crippen molar-refractivity contribution in [3.63, 3.8) is 0 Å². The summed E-state index contributed by atoms with van der Waals surface area (Å²) in [4.78, 5) is 23.8. The van der Waals surface area contributed by atoms with Gasteiger partial charge in [0, 0.05) is 28.7 Å². The molecule has 4 aromatic rings. The van der Waals surface area contributed by atoms with Crippen LogP contribution in [0.2, 0.25) is 0 Å². The summed E-state index contributed by atoms with van der Waals surface area (Å²) in [6, 6.07) is 22.0. The molecule has 5 heteroatoms. The normalized spacial score (nSPS) is 12.1. The van der Waals surface area contributed by atoms with E-state index in [1.165, 1.54) is 5.56 Å². The molecule has 0 aliphatic carbocycles. The minimum Gasteiger partial charge on any atom is -0.486 e. The lowest BCUT2D eigenvalue weighted by atomic mass is 9.98. The van der Waals surface area contributed by atoms with Crippen molar-refractivity contribution >= 4 is 23.1 Å². The van der Waals surface area contributed by atoms with E-state index in [-0.39, 0.29) is 18.6 Å². The van der Waals surface area contributed by atoms with Crippen LogP contribution in [-0.4, -0.2) is 23.4 Å². The molecule has 3 aromatic carbocycles. The van der Waals surface area contributed by atoms with Gasteiger partial charge >= 0.3 is 0 Å². The molecule has 0 saturated carbocycles. The molecular formula is C31H34N2O3. The van der Waals surface area contributed by atoms with Crippen LogP contribution < -0.4 is 10.1 Å². The van der Waals surface area contributed by atoms with Crippen LogP contribution in [0.15, 0.2) is 66.7 Å². The minimum atomic E-state index is -0.0898. The number of fused-ring (bicyclic) bond motifs is 1. The fourth-order valence-electron chi connectivity index (χ4n) is 4.59. The molecule has 36 heavy (non-hydrogen) atoms. The Morgan fingerprint density at radius 3 is 2.47 bits per heavy atom. The van der Waals surface area contributed by atoms with E-state index in [0.717, 1.165) is 39.6 Å². The highest BCUT2D eigenvalue weighted by Crippen LogP contribution is 2.28. The number of rotatable bonds is 9. The molecule has 0 fully saturated rings. The van der Waals surface area contributed by atoms with Crippen LogP contribution in [0.4, 0.5) is 0 Å². The van der Waals surface area contributed by atoms with Crippen molar-refractivity contribution < 1.29 is 14.3 Å². The highest BCUT2D eigenvalue weighted by atomic mass is 16.5. The van der Waals surface area contributed by atoms with Gasteiger partial charge in [0.1, 0.15) is 12.4 Å². The Balaban J connectivity index is 1.57. The molecule has 0 bridgehead atoms. The average molecular weight is 483 g/mol. The van der Waals surface area contributed by atoms with E-state index in [4.69, 9.17) is 4.74 Å². The van der Waals surface area contributed by atoms with E-state index < -0.39 is 0 Å². The summed E-state index contributed by atoms with van der Waals surface area (Å²) < 4.78 is 7.71. The fraction of sp³-hybridized carbons (Fsp3) is 0.290. The zero-order chi connectivity index (χ0) is 25.8. The number of benzene rings is 3. The second-order valence-electron chi connectivity index (χ2n) is 9.67. The lowest BCUT2D eigenvalue weighted by molar-refractivity contribution is -0.109. The van der Waals surface area contributed by atoms with Gasteiger partial charge in [-0.25, -0.2) is 0 Å². The van der Waals surface area contributed by atoms with Crippen LogP contribution in [0.1, 0.15) is 71.0 Å². The summed E-state index contributed by atoms with van der Waals surface area (Å²) >= 11 is 0. The largest absolute Gasteiger partial charge is 0.486 e. The summed E-state index contributed by atoms with van der Waals surface area (Å²) in [6.45, 7) is 11.3. The van der Waals surface area contributed by atoms with E-state index in [2.05, 4.69) is 61.8 Å². The van der Waals surface area contributed by atoms with Crippen LogP contribution in [0, 0.1) is 13.8 Å². The number of ether oxygens (including phenoxy) is 1. The van der Waals surface area contributed by atoms with Gasteiger partial charge in [0.2, 0.25) is 0 Å². The molecule has 5 nitrogen and oxygen atoms in total. The van der Waals surface area contributed by atoms with Gasteiger partial charge < -0.3 is 14.6 Å². The third-order valence-corrected chi connectivity index (χ3v) is 6.88. The molecule has 1 atom stereocenters. The van der Waals surface area contributed by atoms with E-state index in [0.29, 0.717) is 23.8 Å². The predicted molar refractivity (Wildman–Crippen MR) is 145 cm³/mol. The Hall–Kier alpha value is -3.86. The smallest absolute Gasteiger partial charge is 0.251 e. The second-order valence-corrected chi connectivity index (χ2v) is 9.67. The third-order valence-electron chi connectivity index (χ3n) is 6.88. The Morgan fingerprint density at radius 2 is 1.72 bits per heavy atom. The van der Waals surface area contributed by atoms with Crippen molar-refractivity contribution in [2.24, 2.45) is 0 Å². The Bertz CT molecular complexity index is 1400. The zero-order valence-electron chi connectivity index (χ0n) is 21.7. The molecule has 0 unspecified atom stereocenters. The lowest BCUT2D eigenvalue weighted by Gasteiger charge is -2.16. The van der Waals surface area contributed by atoms with Gasteiger partial charge in [-0.05, 0) is 79.3 Å². The molecule has 1 aromatic heterocycles. The van der Waals surface area contributed by atoms with Gasteiger partial charge in [-0.1, -0.05) is 50.2 Å². The summed E-state index contributed by atoms with van der Waals surface area (Å²) in [6.07, 6.45) is 0.747. The van der Waals surface area contributed by atoms with E-state index in [1.54, 1.807) is 0 Å². The van der Waals surface area contributed by atoms with Gasteiger partial charge in [-0.15, -0.1) is 0 Å². The molecule has 0 aliphatic rings. The average Bonchev–Trinajstić information content (AvgIpc) is 3.12. The third kappa shape index (κ3) is 5.35. The molecular weight excluding hydrogens is 448 g/mol. The summed E-state index contributed by atoms with van der Waals surface area (Å²) in [5.41, 5.74) is 7.50. The monoisotopic (exact) mass is 482 g/mol. The number of carbonyl (C=O) groups excluding carboxylic acids is 2. The maximum Gasteiger partial charge on any atom is 0.251 e. The number of amides is 1.